The monoisotopic (exact) mass is 240 g/mol. The van der Waals surface area contributed by atoms with Crippen molar-refractivity contribution in [3.8, 4) is 23.7 Å². The van der Waals surface area contributed by atoms with Crippen LogP contribution in [0.4, 0.5) is 18.9 Å². The summed E-state index contributed by atoms with van der Waals surface area (Å²) in [5.41, 5.74) is 5.49. The second kappa shape index (κ2) is 5.13. The standard InChI is InChI=1S/C11H7F3N2O/c12-11(13,14)17-10-7-8(3-1-2-6-15)4-5-9(10)16/h4-5,7H,2,16H2. The lowest BCUT2D eigenvalue weighted by Gasteiger charge is -2.10. The van der Waals surface area contributed by atoms with E-state index in [-0.39, 0.29) is 12.1 Å². The molecule has 0 saturated heterocycles. The Balaban J connectivity index is 2.96. The summed E-state index contributed by atoms with van der Waals surface area (Å²) in [7, 11) is 0. The van der Waals surface area contributed by atoms with Crippen LogP contribution in [0, 0.1) is 23.2 Å². The molecule has 0 heterocycles. The predicted octanol–water partition coefficient (Wildman–Crippen LogP) is 2.43. The van der Waals surface area contributed by atoms with Gasteiger partial charge in [-0.1, -0.05) is 11.8 Å². The Kier molecular flexibility index (Phi) is 3.84. The van der Waals surface area contributed by atoms with Crippen molar-refractivity contribution in [3.63, 3.8) is 0 Å². The molecule has 0 aliphatic rings. The van der Waals surface area contributed by atoms with E-state index in [1.807, 2.05) is 0 Å². The highest BCUT2D eigenvalue weighted by Crippen LogP contribution is 2.28. The number of nitrogens with two attached hydrogens (primary N) is 1. The fourth-order valence-corrected chi connectivity index (χ4v) is 1.01. The number of hydrogen-bond donors (Lipinski definition) is 1. The average Bonchev–Trinajstić information content (AvgIpc) is 2.21. The number of alkyl halides is 3. The van der Waals surface area contributed by atoms with Crippen LogP contribution in [0.25, 0.3) is 0 Å². The fraction of sp³-hybridized carbons (Fsp3) is 0.182. The first-order valence-electron chi connectivity index (χ1n) is 4.43. The van der Waals surface area contributed by atoms with E-state index in [2.05, 4.69) is 16.6 Å². The van der Waals surface area contributed by atoms with Gasteiger partial charge in [0.1, 0.15) is 0 Å². The van der Waals surface area contributed by atoms with Crippen molar-refractivity contribution in [1.29, 1.82) is 5.26 Å². The molecule has 0 radical (unpaired) electrons. The summed E-state index contributed by atoms with van der Waals surface area (Å²) in [5.74, 6) is 4.50. The molecule has 3 nitrogen and oxygen atoms in total. The fourth-order valence-electron chi connectivity index (χ4n) is 1.01. The molecule has 0 aromatic heterocycles. The van der Waals surface area contributed by atoms with Crippen molar-refractivity contribution in [1.82, 2.24) is 0 Å². The molecule has 0 aliphatic heterocycles. The summed E-state index contributed by atoms with van der Waals surface area (Å²) in [5, 5.41) is 8.25. The molecule has 88 valence electrons. The highest BCUT2D eigenvalue weighted by molar-refractivity contribution is 5.56. The summed E-state index contributed by atoms with van der Waals surface area (Å²) in [6, 6.07) is 5.58. The van der Waals surface area contributed by atoms with E-state index >= 15 is 0 Å². The van der Waals surface area contributed by atoms with Gasteiger partial charge in [-0.2, -0.15) is 5.26 Å². The Morgan fingerprint density at radius 2 is 2.06 bits per heavy atom. The SMILES string of the molecule is N#CCC#Cc1ccc(N)c(OC(F)(F)F)c1. The molecule has 0 unspecified atom stereocenters. The lowest BCUT2D eigenvalue weighted by Crippen LogP contribution is -2.18. The van der Waals surface area contributed by atoms with E-state index in [1.54, 1.807) is 6.07 Å². The normalized spacial score (nSPS) is 10.0. The zero-order chi connectivity index (χ0) is 12.9. The lowest BCUT2D eigenvalue weighted by atomic mass is 10.2. The maximum atomic E-state index is 12.0. The molecule has 0 saturated carbocycles. The van der Waals surface area contributed by atoms with Crippen molar-refractivity contribution < 1.29 is 17.9 Å². The van der Waals surface area contributed by atoms with Crippen LogP contribution in [-0.4, -0.2) is 6.36 Å². The predicted molar refractivity (Wildman–Crippen MR) is 54.6 cm³/mol. The van der Waals surface area contributed by atoms with Gasteiger partial charge in [0, 0.05) is 5.56 Å². The van der Waals surface area contributed by atoms with E-state index in [9.17, 15) is 13.2 Å². The van der Waals surface area contributed by atoms with E-state index in [4.69, 9.17) is 11.0 Å². The molecule has 1 aromatic carbocycles. The van der Waals surface area contributed by atoms with Gasteiger partial charge in [0.25, 0.3) is 0 Å². The molecule has 0 amide bonds. The van der Waals surface area contributed by atoms with Gasteiger partial charge in [0.15, 0.2) is 5.75 Å². The van der Waals surface area contributed by atoms with Gasteiger partial charge in [-0.15, -0.1) is 13.2 Å². The van der Waals surface area contributed by atoms with Crippen molar-refractivity contribution >= 4 is 5.69 Å². The van der Waals surface area contributed by atoms with Crippen LogP contribution in [0.15, 0.2) is 18.2 Å². The van der Waals surface area contributed by atoms with Gasteiger partial charge in [-0.3, -0.25) is 0 Å². The minimum Gasteiger partial charge on any atom is -0.404 e. The highest BCUT2D eigenvalue weighted by Gasteiger charge is 2.31. The molecule has 1 aromatic rings. The average molecular weight is 240 g/mol. The molecule has 17 heavy (non-hydrogen) atoms. The Morgan fingerprint density at radius 3 is 2.65 bits per heavy atom. The Labute approximate surface area is 95.6 Å². The van der Waals surface area contributed by atoms with Crippen LogP contribution in [-0.2, 0) is 0 Å². The first kappa shape index (κ1) is 12.7. The van der Waals surface area contributed by atoms with E-state index in [1.165, 1.54) is 12.1 Å². The third kappa shape index (κ3) is 4.35. The Bertz CT molecular complexity index is 506. The smallest absolute Gasteiger partial charge is 0.404 e. The number of ether oxygens (including phenoxy) is 1. The van der Waals surface area contributed by atoms with Crippen LogP contribution >= 0.6 is 0 Å². The van der Waals surface area contributed by atoms with Crippen LogP contribution in [0.2, 0.25) is 0 Å². The number of nitrogen functional groups attached to an aromatic ring is 1. The van der Waals surface area contributed by atoms with Gasteiger partial charge in [0.2, 0.25) is 0 Å². The van der Waals surface area contributed by atoms with E-state index < -0.39 is 12.1 Å². The molecule has 6 heteroatoms. The first-order chi connectivity index (χ1) is 7.92. The Morgan fingerprint density at radius 1 is 1.35 bits per heavy atom. The number of anilines is 1. The second-order valence-electron chi connectivity index (χ2n) is 2.94. The summed E-state index contributed by atoms with van der Waals surface area (Å²) in [4.78, 5) is 0. The number of nitriles is 1. The molecule has 0 bridgehead atoms. The van der Waals surface area contributed by atoms with Crippen LogP contribution in [0.5, 0.6) is 5.75 Å². The van der Waals surface area contributed by atoms with Crippen LogP contribution < -0.4 is 10.5 Å². The zero-order valence-corrected chi connectivity index (χ0v) is 8.51. The summed E-state index contributed by atoms with van der Waals surface area (Å²) in [6.45, 7) is 0. The van der Waals surface area contributed by atoms with Crippen LogP contribution in [0.3, 0.4) is 0 Å². The van der Waals surface area contributed by atoms with Crippen molar-refractivity contribution in [2.45, 2.75) is 12.8 Å². The summed E-state index contributed by atoms with van der Waals surface area (Å²) < 4.78 is 39.7. The minimum atomic E-state index is -4.80. The number of halogens is 3. The highest BCUT2D eigenvalue weighted by atomic mass is 19.4. The zero-order valence-electron chi connectivity index (χ0n) is 8.51. The molecule has 0 atom stereocenters. The van der Waals surface area contributed by atoms with E-state index in [0.29, 0.717) is 5.56 Å². The second-order valence-corrected chi connectivity index (χ2v) is 2.94. The molecular formula is C11H7F3N2O. The molecule has 0 aliphatic carbocycles. The van der Waals surface area contributed by atoms with Crippen molar-refractivity contribution in [2.75, 3.05) is 5.73 Å². The quantitative estimate of drug-likeness (QED) is 0.605. The molecule has 2 N–H and O–H groups in total. The third-order valence-corrected chi connectivity index (χ3v) is 1.64. The van der Waals surface area contributed by atoms with Gasteiger partial charge in [-0.05, 0) is 18.2 Å². The van der Waals surface area contributed by atoms with Crippen molar-refractivity contribution in [2.24, 2.45) is 0 Å². The molecule has 0 spiro atoms. The van der Waals surface area contributed by atoms with Gasteiger partial charge < -0.3 is 10.5 Å². The topological polar surface area (TPSA) is 59.0 Å². The number of hydrogen-bond acceptors (Lipinski definition) is 3. The first-order valence-corrected chi connectivity index (χ1v) is 4.43. The Hall–Kier alpha value is -2.34. The number of benzene rings is 1. The molecular weight excluding hydrogens is 233 g/mol. The third-order valence-electron chi connectivity index (χ3n) is 1.64. The lowest BCUT2D eigenvalue weighted by molar-refractivity contribution is -0.274. The summed E-state index contributed by atoms with van der Waals surface area (Å²) >= 11 is 0. The van der Waals surface area contributed by atoms with Gasteiger partial charge in [-0.25, -0.2) is 0 Å². The minimum absolute atomic E-state index is 0.000161. The molecule has 0 fully saturated rings. The number of nitrogens with zero attached hydrogens (tertiary/aromatic N) is 1. The van der Waals surface area contributed by atoms with Crippen molar-refractivity contribution in [3.05, 3.63) is 23.8 Å². The maximum Gasteiger partial charge on any atom is 0.573 e. The van der Waals surface area contributed by atoms with Gasteiger partial charge >= 0.3 is 6.36 Å². The van der Waals surface area contributed by atoms with Crippen LogP contribution in [0.1, 0.15) is 12.0 Å². The molecule has 1 rings (SSSR count). The largest absolute Gasteiger partial charge is 0.573 e. The summed E-state index contributed by atoms with van der Waals surface area (Å²) in [6.07, 6.45) is -4.80. The van der Waals surface area contributed by atoms with Gasteiger partial charge in [0.05, 0.1) is 18.2 Å². The number of rotatable bonds is 1. The van der Waals surface area contributed by atoms with E-state index in [0.717, 1.165) is 6.07 Å². The maximum absolute atomic E-state index is 12.0.